The van der Waals surface area contributed by atoms with Crippen molar-refractivity contribution in [3.05, 3.63) is 100 Å². The molecule has 4 nitrogen and oxygen atoms in total. The third-order valence-electron chi connectivity index (χ3n) is 5.86. The van der Waals surface area contributed by atoms with Crippen LogP contribution < -0.4 is 4.90 Å². The fraction of sp³-hybridized carbons (Fsp3) is 0.200. The van der Waals surface area contributed by atoms with Crippen LogP contribution in [0.25, 0.3) is 0 Å². The lowest BCUT2D eigenvalue weighted by molar-refractivity contribution is -0.123. The number of amides is 2. The molecule has 2 heterocycles. The standard InChI is InChI=1S/C25H21ClN2O2S/c1-17-5-4-6-18(15-17)16-27-22-8-3-2-7-21(22)25(24(27)30)28(13-14-31-25)23(29)19-9-11-20(26)12-10-19/h2-12,15H,13-14,16H2,1H3/t25-/m1/s1. The van der Waals surface area contributed by atoms with Gasteiger partial charge in [-0.15, -0.1) is 11.8 Å². The van der Waals surface area contributed by atoms with Gasteiger partial charge in [-0.2, -0.15) is 0 Å². The highest BCUT2D eigenvalue weighted by atomic mass is 35.5. The van der Waals surface area contributed by atoms with E-state index >= 15 is 0 Å². The monoisotopic (exact) mass is 448 g/mol. The number of rotatable bonds is 3. The van der Waals surface area contributed by atoms with Crippen LogP contribution >= 0.6 is 23.4 Å². The van der Waals surface area contributed by atoms with Crippen molar-refractivity contribution in [3.8, 4) is 0 Å². The minimum absolute atomic E-state index is 0.0555. The number of carbonyl (C=O) groups excluding carboxylic acids is 2. The Morgan fingerprint density at radius 2 is 1.84 bits per heavy atom. The summed E-state index contributed by atoms with van der Waals surface area (Å²) in [4.78, 5) is 30.0. The topological polar surface area (TPSA) is 40.6 Å². The first-order chi connectivity index (χ1) is 15.0. The Hall–Kier alpha value is -2.76. The number of hydrogen-bond acceptors (Lipinski definition) is 3. The molecular weight excluding hydrogens is 428 g/mol. The minimum Gasteiger partial charge on any atom is -0.311 e. The van der Waals surface area contributed by atoms with E-state index in [1.165, 1.54) is 0 Å². The summed E-state index contributed by atoms with van der Waals surface area (Å²) >= 11 is 7.55. The molecule has 0 radical (unpaired) electrons. The van der Waals surface area contributed by atoms with E-state index in [9.17, 15) is 9.59 Å². The van der Waals surface area contributed by atoms with Gasteiger partial charge in [0.15, 0.2) is 4.87 Å². The molecule has 0 unspecified atom stereocenters. The minimum atomic E-state index is -1.03. The second-order valence-electron chi connectivity index (χ2n) is 7.85. The van der Waals surface area contributed by atoms with Crippen molar-refractivity contribution in [2.75, 3.05) is 17.2 Å². The van der Waals surface area contributed by atoms with Crippen LogP contribution in [0.4, 0.5) is 5.69 Å². The van der Waals surface area contributed by atoms with Gasteiger partial charge in [-0.25, -0.2) is 0 Å². The van der Waals surface area contributed by atoms with Crippen LogP contribution in [-0.4, -0.2) is 29.0 Å². The maximum absolute atomic E-state index is 14.0. The lowest BCUT2D eigenvalue weighted by atomic mass is 10.0. The van der Waals surface area contributed by atoms with E-state index in [2.05, 4.69) is 6.07 Å². The van der Waals surface area contributed by atoms with Gasteiger partial charge in [-0.05, 0) is 42.8 Å². The number of aryl methyl sites for hydroxylation is 1. The molecule has 0 saturated carbocycles. The molecule has 5 rings (SSSR count). The van der Waals surface area contributed by atoms with Crippen molar-refractivity contribution >= 4 is 40.9 Å². The molecule has 0 aliphatic carbocycles. The van der Waals surface area contributed by atoms with Crippen LogP contribution in [0.3, 0.4) is 0 Å². The summed E-state index contributed by atoms with van der Waals surface area (Å²) in [5, 5.41) is 0.577. The highest BCUT2D eigenvalue weighted by Gasteiger charge is 2.59. The molecule has 6 heteroatoms. The third kappa shape index (κ3) is 3.24. The van der Waals surface area contributed by atoms with Gasteiger partial charge in [-0.1, -0.05) is 59.6 Å². The molecule has 0 bridgehead atoms. The third-order valence-corrected chi connectivity index (χ3v) is 7.53. The van der Waals surface area contributed by atoms with E-state index in [0.717, 1.165) is 22.4 Å². The normalized spacial score (nSPS) is 19.9. The van der Waals surface area contributed by atoms with Crippen LogP contribution in [0.15, 0.2) is 72.8 Å². The Morgan fingerprint density at radius 3 is 2.61 bits per heavy atom. The predicted octanol–water partition coefficient (Wildman–Crippen LogP) is 5.24. The van der Waals surface area contributed by atoms with Crippen LogP contribution in [0.5, 0.6) is 0 Å². The second kappa shape index (κ2) is 7.74. The van der Waals surface area contributed by atoms with E-state index in [0.29, 0.717) is 29.4 Å². The molecule has 0 N–H and O–H groups in total. The zero-order chi connectivity index (χ0) is 21.6. The highest BCUT2D eigenvalue weighted by molar-refractivity contribution is 8.01. The fourth-order valence-corrected chi connectivity index (χ4v) is 6.05. The van der Waals surface area contributed by atoms with Crippen molar-refractivity contribution in [1.29, 1.82) is 0 Å². The molecule has 3 aromatic carbocycles. The summed E-state index contributed by atoms with van der Waals surface area (Å²) in [7, 11) is 0. The van der Waals surface area contributed by atoms with Crippen molar-refractivity contribution in [3.63, 3.8) is 0 Å². The largest absolute Gasteiger partial charge is 0.311 e. The molecule has 0 aromatic heterocycles. The Balaban J connectivity index is 1.57. The summed E-state index contributed by atoms with van der Waals surface area (Å²) in [6.45, 7) is 3.04. The zero-order valence-corrected chi connectivity index (χ0v) is 18.6. The average molecular weight is 449 g/mol. The van der Waals surface area contributed by atoms with Crippen molar-refractivity contribution in [1.82, 2.24) is 4.90 Å². The quantitative estimate of drug-likeness (QED) is 0.550. The molecule has 1 saturated heterocycles. The molecule has 31 heavy (non-hydrogen) atoms. The summed E-state index contributed by atoms with van der Waals surface area (Å²) in [5.41, 5.74) is 4.52. The predicted molar refractivity (Wildman–Crippen MR) is 125 cm³/mol. The first kappa shape index (κ1) is 20.2. The molecule has 1 atom stereocenters. The SMILES string of the molecule is Cc1cccc(CN2C(=O)[C@]3(SCCN3C(=O)c3ccc(Cl)cc3)c3ccccc32)c1. The van der Waals surface area contributed by atoms with Gasteiger partial charge >= 0.3 is 0 Å². The number of nitrogens with zero attached hydrogens (tertiary/aromatic N) is 2. The average Bonchev–Trinajstić information content (AvgIpc) is 3.31. The summed E-state index contributed by atoms with van der Waals surface area (Å²) in [6.07, 6.45) is 0. The Kier molecular flexibility index (Phi) is 5.03. The number of carbonyl (C=O) groups is 2. The maximum Gasteiger partial charge on any atom is 0.268 e. The molecular formula is C25H21ClN2O2S. The van der Waals surface area contributed by atoms with Crippen LogP contribution in [-0.2, 0) is 16.2 Å². The number of benzene rings is 3. The van der Waals surface area contributed by atoms with Crippen LogP contribution in [0.1, 0.15) is 27.0 Å². The summed E-state index contributed by atoms with van der Waals surface area (Å²) < 4.78 is 0. The van der Waals surface area contributed by atoms with Gasteiger partial charge in [0.2, 0.25) is 0 Å². The van der Waals surface area contributed by atoms with Gasteiger partial charge in [-0.3, -0.25) is 9.59 Å². The van der Waals surface area contributed by atoms with Crippen LogP contribution in [0.2, 0.25) is 5.02 Å². The lowest BCUT2D eigenvalue weighted by Crippen LogP contribution is -2.50. The number of thioether (sulfide) groups is 1. The highest BCUT2D eigenvalue weighted by Crippen LogP contribution is 2.54. The Morgan fingerprint density at radius 1 is 1.06 bits per heavy atom. The molecule has 2 aliphatic rings. The molecule has 156 valence electrons. The van der Waals surface area contributed by atoms with Gasteiger partial charge in [0, 0.05) is 28.4 Å². The van der Waals surface area contributed by atoms with Gasteiger partial charge in [0.1, 0.15) is 0 Å². The molecule has 3 aromatic rings. The molecule has 1 fully saturated rings. The van der Waals surface area contributed by atoms with Crippen molar-refractivity contribution in [2.45, 2.75) is 18.3 Å². The Bertz CT molecular complexity index is 1180. The number of fused-ring (bicyclic) bond motifs is 2. The maximum atomic E-state index is 14.0. The zero-order valence-electron chi connectivity index (χ0n) is 17.0. The first-order valence-corrected chi connectivity index (χ1v) is 11.6. The van der Waals surface area contributed by atoms with E-state index in [4.69, 9.17) is 11.6 Å². The van der Waals surface area contributed by atoms with Gasteiger partial charge in [0.05, 0.1) is 12.2 Å². The van der Waals surface area contributed by atoms with E-state index in [1.54, 1.807) is 40.9 Å². The molecule has 2 amide bonds. The van der Waals surface area contributed by atoms with Crippen LogP contribution in [0, 0.1) is 6.92 Å². The van der Waals surface area contributed by atoms with Gasteiger partial charge < -0.3 is 9.80 Å². The number of para-hydroxylation sites is 1. The second-order valence-corrected chi connectivity index (χ2v) is 9.58. The van der Waals surface area contributed by atoms with E-state index in [1.807, 2.05) is 54.3 Å². The number of anilines is 1. The first-order valence-electron chi connectivity index (χ1n) is 10.2. The Labute approximate surface area is 190 Å². The van der Waals surface area contributed by atoms with Gasteiger partial charge in [0.25, 0.3) is 11.8 Å². The summed E-state index contributed by atoms with van der Waals surface area (Å²) in [5.74, 6) is 0.500. The van der Waals surface area contributed by atoms with Crippen molar-refractivity contribution in [2.24, 2.45) is 0 Å². The molecule has 1 spiro atoms. The van der Waals surface area contributed by atoms with E-state index in [-0.39, 0.29) is 11.8 Å². The smallest absolute Gasteiger partial charge is 0.268 e. The van der Waals surface area contributed by atoms with E-state index < -0.39 is 4.87 Å². The number of hydrogen-bond donors (Lipinski definition) is 0. The fourth-order valence-electron chi connectivity index (χ4n) is 4.47. The molecule has 2 aliphatic heterocycles. The van der Waals surface area contributed by atoms with Crippen molar-refractivity contribution < 1.29 is 9.59 Å². The summed E-state index contributed by atoms with van der Waals surface area (Å²) in [6, 6.07) is 22.9. The number of halogens is 1. The lowest BCUT2D eigenvalue weighted by Gasteiger charge is -2.33.